The van der Waals surface area contributed by atoms with Gasteiger partial charge in [0.1, 0.15) is 0 Å². The normalized spacial score (nSPS) is 17.2. The number of aryl methyl sites for hydroxylation is 1. The number of halogens is 3. The van der Waals surface area contributed by atoms with Crippen LogP contribution in [-0.2, 0) is 6.42 Å². The van der Waals surface area contributed by atoms with E-state index in [1.807, 2.05) is 0 Å². The molecule has 0 aliphatic carbocycles. The van der Waals surface area contributed by atoms with Crippen LogP contribution in [0.4, 0.5) is 8.78 Å². The first-order valence-electron chi connectivity index (χ1n) is 6.49. The molecule has 5 heteroatoms. The van der Waals surface area contributed by atoms with E-state index in [4.69, 9.17) is 0 Å². The zero-order valence-corrected chi connectivity index (χ0v) is 11.6. The van der Waals surface area contributed by atoms with E-state index in [9.17, 15) is 13.9 Å². The third kappa shape index (κ3) is 5.05. The summed E-state index contributed by atoms with van der Waals surface area (Å²) < 4.78 is 25.7. The van der Waals surface area contributed by atoms with Gasteiger partial charge in [0.25, 0.3) is 0 Å². The van der Waals surface area contributed by atoms with Crippen LogP contribution in [0.5, 0.6) is 0 Å². The Morgan fingerprint density at radius 1 is 1.16 bits per heavy atom. The van der Waals surface area contributed by atoms with Gasteiger partial charge in [-0.3, -0.25) is 0 Å². The van der Waals surface area contributed by atoms with Crippen LogP contribution in [0.2, 0.25) is 0 Å². The van der Waals surface area contributed by atoms with Gasteiger partial charge in [0.15, 0.2) is 11.6 Å². The van der Waals surface area contributed by atoms with Gasteiger partial charge in [0.2, 0.25) is 0 Å². The Balaban J connectivity index is 0.00000180. The number of aliphatic hydroxyl groups is 1. The topological polar surface area (TPSA) is 23.5 Å². The molecule has 0 unspecified atom stereocenters. The number of hydrogen-bond acceptors (Lipinski definition) is 2. The van der Waals surface area contributed by atoms with Crippen molar-refractivity contribution in [2.24, 2.45) is 0 Å². The summed E-state index contributed by atoms with van der Waals surface area (Å²) in [5, 5.41) is 9.38. The van der Waals surface area contributed by atoms with Crippen LogP contribution in [0.15, 0.2) is 18.2 Å². The molecule has 1 aromatic carbocycles. The molecule has 1 aliphatic rings. The number of aliphatic hydroxyl groups excluding tert-OH is 1. The van der Waals surface area contributed by atoms with Crippen molar-refractivity contribution in [2.75, 3.05) is 19.6 Å². The van der Waals surface area contributed by atoms with Crippen LogP contribution in [0.3, 0.4) is 0 Å². The van der Waals surface area contributed by atoms with E-state index in [0.717, 1.165) is 50.9 Å². The van der Waals surface area contributed by atoms with Gasteiger partial charge in [-0.15, -0.1) is 12.4 Å². The molecule has 1 aliphatic heterocycles. The third-order valence-electron chi connectivity index (χ3n) is 3.48. The van der Waals surface area contributed by atoms with Crippen molar-refractivity contribution < 1.29 is 13.9 Å². The van der Waals surface area contributed by atoms with E-state index in [2.05, 4.69) is 4.90 Å². The Morgan fingerprint density at radius 3 is 2.47 bits per heavy atom. The van der Waals surface area contributed by atoms with E-state index < -0.39 is 11.6 Å². The van der Waals surface area contributed by atoms with Gasteiger partial charge in [-0.1, -0.05) is 6.07 Å². The van der Waals surface area contributed by atoms with Gasteiger partial charge in [0.05, 0.1) is 6.10 Å². The molecular weight excluding hydrogens is 272 g/mol. The van der Waals surface area contributed by atoms with Crippen molar-refractivity contribution in [1.29, 1.82) is 0 Å². The van der Waals surface area contributed by atoms with Crippen molar-refractivity contribution in [1.82, 2.24) is 4.90 Å². The molecule has 0 radical (unpaired) electrons. The van der Waals surface area contributed by atoms with E-state index in [0.29, 0.717) is 0 Å². The maximum atomic E-state index is 13.0. The first kappa shape index (κ1) is 16.3. The molecule has 0 aromatic heterocycles. The summed E-state index contributed by atoms with van der Waals surface area (Å²) in [6, 6.07) is 4.09. The average molecular weight is 292 g/mol. The molecule has 1 heterocycles. The first-order chi connectivity index (χ1) is 8.65. The number of hydrogen-bond donors (Lipinski definition) is 1. The van der Waals surface area contributed by atoms with Crippen molar-refractivity contribution in [2.45, 2.75) is 31.8 Å². The average Bonchev–Trinajstić information content (AvgIpc) is 2.36. The van der Waals surface area contributed by atoms with Crippen molar-refractivity contribution in [3.05, 3.63) is 35.4 Å². The zero-order valence-electron chi connectivity index (χ0n) is 10.8. The Kier molecular flexibility index (Phi) is 6.69. The van der Waals surface area contributed by atoms with Gasteiger partial charge in [0, 0.05) is 13.1 Å². The fraction of sp³-hybridized carbons (Fsp3) is 0.571. The van der Waals surface area contributed by atoms with Gasteiger partial charge in [-0.2, -0.15) is 0 Å². The quantitative estimate of drug-likeness (QED) is 0.922. The van der Waals surface area contributed by atoms with Gasteiger partial charge in [-0.25, -0.2) is 8.78 Å². The molecule has 0 bridgehead atoms. The lowest BCUT2D eigenvalue weighted by Crippen LogP contribution is -2.36. The largest absolute Gasteiger partial charge is 0.393 e. The van der Waals surface area contributed by atoms with Crippen LogP contribution >= 0.6 is 12.4 Å². The summed E-state index contributed by atoms with van der Waals surface area (Å²) in [6.45, 7) is 2.81. The van der Waals surface area contributed by atoms with Crippen LogP contribution in [0.25, 0.3) is 0 Å². The molecule has 2 nitrogen and oxygen atoms in total. The van der Waals surface area contributed by atoms with Crippen molar-refractivity contribution >= 4 is 12.4 Å². The highest BCUT2D eigenvalue weighted by atomic mass is 35.5. The summed E-state index contributed by atoms with van der Waals surface area (Å²) >= 11 is 0. The monoisotopic (exact) mass is 291 g/mol. The Morgan fingerprint density at radius 2 is 1.84 bits per heavy atom. The maximum absolute atomic E-state index is 13.0. The van der Waals surface area contributed by atoms with Gasteiger partial charge >= 0.3 is 0 Å². The lowest BCUT2D eigenvalue weighted by atomic mass is 10.1. The zero-order chi connectivity index (χ0) is 13.0. The van der Waals surface area contributed by atoms with E-state index in [1.165, 1.54) is 12.1 Å². The van der Waals surface area contributed by atoms with Gasteiger partial charge < -0.3 is 10.0 Å². The lowest BCUT2D eigenvalue weighted by Gasteiger charge is -2.29. The molecule has 1 fully saturated rings. The Bertz CT molecular complexity index is 395. The smallest absolute Gasteiger partial charge is 0.159 e. The molecule has 0 atom stereocenters. The second kappa shape index (κ2) is 7.78. The lowest BCUT2D eigenvalue weighted by molar-refractivity contribution is 0.0821. The standard InChI is InChI=1S/C14H19F2NO.ClH/c15-13-4-3-11(10-14(13)16)2-1-7-17-8-5-12(18)6-9-17;/h3-4,10,12,18H,1-2,5-9H2;1H. The fourth-order valence-corrected chi connectivity index (χ4v) is 2.34. The number of piperidine rings is 1. The maximum Gasteiger partial charge on any atom is 0.159 e. The fourth-order valence-electron chi connectivity index (χ4n) is 2.34. The predicted molar refractivity (Wildman–Crippen MR) is 73.6 cm³/mol. The minimum atomic E-state index is -0.788. The minimum Gasteiger partial charge on any atom is -0.393 e. The Hall–Kier alpha value is -0.710. The van der Waals surface area contributed by atoms with Crippen molar-refractivity contribution in [3.63, 3.8) is 0 Å². The SMILES string of the molecule is Cl.OC1CCN(CCCc2ccc(F)c(F)c2)CC1. The summed E-state index contributed by atoms with van der Waals surface area (Å²) in [4.78, 5) is 2.31. The van der Waals surface area contributed by atoms with Crippen LogP contribution in [0.1, 0.15) is 24.8 Å². The summed E-state index contributed by atoms with van der Waals surface area (Å²) in [6.07, 6.45) is 3.22. The second-order valence-electron chi connectivity index (χ2n) is 4.92. The van der Waals surface area contributed by atoms with Crippen LogP contribution in [-0.4, -0.2) is 35.7 Å². The number of rotatable bonds is 4. The highest BCUT2D eigenvalue weighted by Crippen LogP contribution is 2.13. The van der Waals surface area contributed by atoms with E-state index in [1.54, 1.807) is 6.07 Å². The van der Waals surface area contributed by atoms with E-state index in [-0.39, 0.29) is 18.5 Å². The second-order valence-corrected chi connectivity index (χ2v) is 4.92. The number of benzene rings is 1. The highest BCUT2D eigenvalue weighted by molar-refractivity contribution is 5.85. The van der Waals surface area contributed by atoms with Gasteiger partial charge in [-0.05, 0) is 49.9 Å². The summed E-state index contributed by atoms with van der Waals surface area (Å²) in [5.74, 6) is -1.56. The molecule has 1 saturated heterocycles. The molecule has 0 saturated carbocycles. The molecule has 1 N–H and O–H groups in total. The number of nitrogens with zero attached hydrogens (tertiary/aromatic N) is 1. The molecule has 0 spiro atoms. The summed E-state index contributed by atoms with van der Waals surface area (Å²) in [7, 11) is 0. The number of likely N-dealkylation sites (tertiary alicyclic amines) is 1. The minimum absolute atomic E-state index is 0. The van der Waals surface area contributed by atoms with Crippen LogP contribution in [0, 0.1) is 11.6 Å². The van der Waals surface area contributed by atoms with E-state index >= 15 is 0 Å². The Labute approximate surface area is 118 Å². The third-order valence-corrected chi connectivity index (χ3v) is 3.48. The van der Waals surface area contributed by atoms with Crippen molar-refractivity contribution in [3.8, 4) is 0 Å². The highest BCUT2D eigenvalue weighted by Gasteiger charge is 2.16. The summed E-state index contributed by atoms with van der Waals surface area (Å²) in [5.41, 5.74) is 0.839. The molecule has 0 amide bonds. The molecule has 2 rings (SSSR count). The van der Waals surface area contributed by atoms with Crippen LogP contribution < -0.4 is 0 Å². The predicted octanol–water partition coefficient (Wildman–Crippen LogP) is 2.78. The first-order valence-corrected chi connectivity index (χ1v) is 6.49. The molecule has 108 valence electrons. The molecule has 19 heavy (non-hydrogen) atoms. The molecular formula is C14H20ClF2NO. The molecule has 1 aromatic rings.